The number of sulfonamides is 1. The average molecular weight is 441 g/mol. The second-order valence-electron chi connectivity index (χ2n) is 7.48. The monoisotopic (exact) mass is 440 g/mol. The van der Waals surface area contributed by atoms with Gasteiger partial charge in [-0.05, 0) is 35.4 Å². The van der Waals surface area contributed by atoms with Crippen LogP contribution in [0, 0.1) is 5.82 Å². The van der Waals surface area contributed by atoms with Gasteiger partial charge < -0.3 is 4.74 Å². The van der Waals surface area contributed by atoms with Gasteiger partial charge >= 0.3 is 0 Å². The van der Waals surface area contributed by atoms with Crippen LogP contribution in [0.1, 0.15) is 17.2 Å². The zero-order valence-corrected chi connectivity index (χ0v) is 18.1. The summed E-state index contributed by atoms with van der Waals surface area (Å²) >= 11 is 0. The van der Waals surface area contributed by atoms with E-state index in [-0.39, 0.29) is 16.8 Å². The second kappa shape index (κ2) is 9.18. The van der Waals surface area contributed by atoms with Crippen LogP contribution < -0.4 is 4.74 Å². The maximum atomic E-state index is 13.5. The van der Waals surface area contributed by atoms with Crippen molar-refractivity contribution in [3.05, 3.63) is 95.8 Å². The number of halogens is 1. The van der Waals surface area contributed by atoms with E-state index in [1.54, 1.807) is 36.4 Å². The zero-order valence-electron chi connectivity index (χ0n) is 17.3. The predicted molar refractivity (Wildman–Crippen MR) is 118 cm³/mol. The molecule has 1 aliphatic rings. The molecule has 0 amide bonds. The molecule has 0 unspecified atom stereocenters. The molecule has 0 radical (unpaired) electrons. The van der Waals surface area contributed by atoms with Crippen molar-refractivity contribution in [1.82, 2.24) is 9.21 Å². The molecule has 7 heteroatoms. The molecule has 162 valence electrons. The molecule has 1 atom stereocenters. The van der Waals surface area contributed by atoms with Crippen molar-refractivity contribution in [1.29, 1.82) is 0 Å². The summed E-state index contributed by atoms with van der Waals surface area (Å²) < 4.78 is 46.4. The van der Waals surface area contributed by atoms with Crippen molar-refractivity contribution in [3.63, 3.8) is 0 Å². The molecule has 0 saturated carbocycles. The minimum atomic E-state index is -3.60. The molecule has 4 rings (SSSR count). The number of ether oxygens (including phenoxy) is 1. The Balaban J connectivity index is 1.56. The molecule has 0 aromatic heterocycles. The first-order valence-corrected chi connectivity index (χ1v) is 11.6. The number of hydrogen-bond donors (Lipinski definition) is 0. The highest BCUT2D eigenvalue weighted by atomic mass is 32.2. The van der Waals surface area contributed by atoms with Crippen LogP contribution in [-0.2, 0) is 10.0 Å². The summed E-state index contributed by atoms with van der Waals surface area (Å²) in [5.74, 6) is 0.241. The Hall–Kier alpha value is -2.74. The smallest absolute Gasteiger partial charge is 0.243 e. The van der Waals surface area contributed by atoms with E-state index < -0.39 is 10.0 Å². The Morgan fingerprint density at radius 1 is 0.839 bits per heavy atom. The van der Waals surface area contributed by atoms with E-state index >= 15 is 0 Å². The molecule has 5 nitrogen and oxygen atoms in total. The van der Waals surface area contributed by atoms with Gasteiger partial charge in [-0.25, -0.2) is 12.8 Å². The normalized spacial score (nSPS) is 16.7. The molecule has 1 heterocycles. The van der Waals surface area contributed by atoms with Crippen molar-refractivity contribution in [3.8, 4) is 5.75 Å². The third-order valence-electron chi connectivity index (χ3n) is 5.62. The number of rotatable bonds is 6. The van der Waals surface area contributed by atoms with Crippen molar-refractivity contribution < 1.29 is 17.5 Å². The third kappa shape index (κ3) is 4.63. The molecule has 0 spiro atoms. The fraction of sp³-hybridized carbons (Fsp3) is 0.250. The molecular weight excluding hydrogens is 415 g/mol. The molecule has 0 bridgehead atoms. The van der Waals surface area contributed by atoms with Crippen molar-refractivity contribution in [2.45, 2.75) is 10.9 Å². The molecule has 0 N–H and O–H groups in total. The fourth-order valence-corrected chi connectivity index (χ4v) is 5.47. The van der Waals surface area contributed by atoms with Gasteiger partial charge in [-0.15, -0.1) is 0 Å². The fourth-order valence-electron chi connectivity index (χ4n) is 4.01. The standard InChI is InChI=1S/C24H25FN2O3S/c1-30-22-8-5-9-23(18-22)31(28,29)27-16-14-26(15-17-27)24(19-6-3-2-4-7-19)20-10-12-21(25)13-11-20/h2-13,18,24H,14-17H2,1H3/t24-/m0/s1. The van der Waals surface area contributed by atoms with Gasteiger partial charge in [0.25, 0.3) is 0 Å². The van der Waals surface area contributed by atoms with E-state index in [2.05, 4.69) is 4.90 Å². The highest BCUT2D eigenvalue weighted by Gasteiger charge is 2.32. The summed E-state index contributed by atoms with van der Waals surface area (Å²) in [4.78, 5) is 2.48. The van der Waals surface area contributed by atoms with Gasteiger partial charge in [0.2, 0.25) is 10.0 Å². The van der Waals surface area contributed by atoms with Crippen LogP contribution in [0.2, 0.25) is 0 Å². The molecule has 3 aromatic carbocycles. The maximum absolute atomic E-state index is 13.5. The summed E-state index contributed by atoms with van der Waals surface area (Å²) in [7, 11) is -2.08. The summed E-state index contributed by atoms with van der Waals surface area (Å²) in [6.07, 6.45) is 0. The van der Waals surface area contributed by atoms with Crippen molar-refractivity contribution in [2.75, 3.05) is 33.3 Å². The first-order chi connectivity index (χ1) is 15.0. The Kier molecular flexibility index (Phi) is 6.36. The lowest BCUT2D eigenvalue weighted by Gasteiger charge is -2.39. The number of piperazine rings is 1. The van der Waals surface area contributed by atoms with E-state index in [0.29, 0.717) is 31.9 Å². The third-order valence-corrected chi connectivity index (χ3v) is 7.51. The number of benzene rings is 3. The summed E-state index contributed by atoms with van der Waals surface area (Å²) in [6.45, 7) is 1.90. The quantitative estimate of drug-likeness (QED) is 0.583. The maximum Gasteiger partial charge on any atom is 0.243 e. The lowest BCUT2D eigenvalue weighted by atomic mass is 9.96. The topological polar surface area (TPSA) is 49.9 Å². The number of hydrogen-bond acceptors (Lipinski definition) is 4. The van der Waals surface area contributed by atoms with Crippen LogP contribution in [0.5, 0.6) is 5.75 Å². The molecule has 1 aliphatic heterocycles. The van der Waals surface area contributed by atoms with Gasteiger partial charge in [0.15, 0.2) is 0 Å². The van der Waals surface area contributed by atoms with E-state index in [9.17, 15) is 12.8 Å². The Morgan fingerprint density at radius 2 is 1.48 bits per heavy atom. The van der Waals surface area contributed by atoms with E-state index in [1.807, 2.05) is 30.3 Å². The zero-order chi connectivity index (χ0) is 21.8. The molecule has 0 aliphatic carbocycles. The van der Waals surface area contributed by atoms with E-state index in [1.165, 1.54) is 23.5 Å². The van der Waals surface area contributed by atoms with Crippen molar-refractivity contribution >= 4 is 10.0 Å². The highest BCUT2D eigenvalue weighted by Crippen LogP contribution is 2.31. The molecule has 1 saturated heterocycles. The molecular formula is C24H25FN2O3S. The van der Waals surface area contributed by atoms with Gasteiger partial charge in [-0.3, -0.25) is 4.90 Å². The predicted octanol–water partition coefficient (Wildman–Crippen LogP) is 3.93. The summed E-state index contributed by atoms with van der Waals surface area (Å²) in [5.41, 5.74) is 2.08. The SMILES string of the molecule is COc1cccc(S(=O)(=O)N2CCN([C@@H](c3ccccc3)c3ccc(F)cc3)CC2)c1. The van der Waals surface area contributed by atoms with Crippen LogP contribution in [0.15, 0.2) is 83.8 Å². The molecule has 1 fully saturated rings. The Bertz CT molecular complexity index is 1110. The lowest BCUT2D eigenvalue weighted by molar-refractivity contribution is 0.155. The van der Waals surface area contributed by atoms with E-state index in [0.717, 1.165) is 11.1 Å². The largest absolute Gasteiger partial charge is 0.497 e. The van der Waals surface area contributed by atoms with Gasteiger partial charge in [0.05, 0.1) is 18.0 Å². The Morgan fingerprint density at radius 3 is 2.13 bits per heavy atom. The van der Waals surface area contributed by atoms with Crippen LogP contribution in [0.25, 0.3) is 0 Å². The van der Waals surface area contributed by atoms with E-state index in [4.69, 9.17) is 4.74 Å². The second-order valence-corrected chi connectivity index (χ2v) is 9.42. The summed E-state index contributed by atoms with van der Waals surface area (Å²) in [6, 6.07) is 23.0. The van der Waals surface area contributed by atoms with Gasteiger partial charge in [0, 0.05) is 32.2 Å². The number of nitrogens with zero attached hydrogens (tertiary/aromatic N) is 2. The Labute approximate surface area is 182 Å². The average Bonchev–Trinajstić information content (AvgIpc) is 2.81. The lowest BCUT2D eigenvalue weighted by Crippen LogP contribution is -2.49. The number of methoxy groups -OCH3 is 1. The van der Waals surface area contributed by atoms with Gasteiger partial charge in [-0.2, -0.15) is 4.31 Å². The van der Waals surface area contributed by atoms with Gasteiger partial charge in [-0.1, -0.05) is 48.5 Å². The first kappa shape index (κ1) is 21.5. The molecule has 31 heavy (non-hydrogen) atoms. The minimum Gasteiger partial charge on any atom is -0.497 e. The highest BCUT2D eigenvalue weighted by molar-refractivity contribution is 7.89. The van der Waals surface area contributed by atoms with Crippen LogP contribution in [0.3, 0.4) is 0 Å². The van der Waals surface area contributed by atoms with Crippen molar-refractivity contribution in [2.24, 2.45) is 0 Å². The van der Waals surface area contributed by atoms with Gasteiger partial charge in [0.1, 0.15) is 11.6 Å². The first-order valence-electron chi connectivity index (χ1n) is 10.2. The van der Waals surface area contributed by atoms with Crippen LogP contribution in [-0.4, -0.2) is 50.9 Å². The van der Waals surface area contributed by atoms with Crippen LogP contribution in [0.4, 0.5) is 4.39 Å². The summed E-state index contributed by atoms with van der Waals surface area (Å²) in [5, 5.41) is 0. The minimum absolute atomic E-state index is 0.0662. The molecule has 3 aromatic rings. The van der Waals surface area contributed by atoms with Crippen LogP contribution >= 0.6 is 0 Å².